The molecular formula is C24H24FNO3. The van der Waals surface area contributed by atoms with E-state index in [0.29, 0.717) is 18.7 Å². The van der Waals surface area contributed by atoms with Gasteiger partial charge in [-0.3, -0.25) is 4.79 Å². The first-order valence-corrected chi connectivity index (χ1v) is 9.50. The Morgan fingerprint density at radius 3 is 2.69 bits per heavy atom. The van der Waals surface area contributed by atoms with Crippen LogP contribution in [0.15, 0.2) is 77.7 Å². The number of nitrogens with one attached hydrogen (secondary N) is 1. The molecule has 3 aromatic rings. The maximum atomic E-state index is 13.0. The number of rotatable bonds is 9. The normalized spacial score (nSPS) is 11.7. The lowest BCUT2D eigenvalue weighted by molar-refractivity contribution is 0.0920. The highest BCUT2D eigenvalue weighted by Gasteiger charge is 2.14. The molecular weight excluding hydrogens is 369 g/mol. The number of carbonyl (C=O) groups excluding carboxylic acids is 1. The first kappa shape index (κ1) is 20.4. The van der Waals surface area contributed by atoms with E-state index in [-0.39, 0.29) is 30.0 Å². The molecule has 1 N–H and O–H groups in total. The molecule has 150 valence electrons. The van der Waals surface area contributed by atoms with Crippen molar-refractivity contribution >= 4 is 5.91 Å². The number of hydrogen-bond acceptors (Lipinski definition) is 3. The van der Waals surface area contributed by atoms with Crippen LogP contribution in [0.25, 0.3) is 0 Å². The lowest BCUT2D eigenvalue weighted by Gasteiger charge is -2.12. The van der Waals surface area contributed by atoms with Crippen molar-refractivity contribution in [3.05, 3.63) is 102 Å². The van der Waals surface area contributed by atoms with Gasteiger partial charge in [0.2, 0.25) is 0 Å². The molecule has 0 aliphatic heterocycles. The number of furan rings is 1. The Bertz CT molecular complexity index is 962. The first-order valence-electron chi connectivity index (χ1n) is 9.50. The molecule has 0 bridgehead atoms. The first-order chi connectivity index (χ1) is 14.1. The summed E-state index contributed by atoms with van der Waals surface area (Å²) in [5.74, 6) is 1.05. The zero-order valence-corrected chi connectivity index (χ0v) is 16.4. The van der Waals surface area contributed by atoms with E-state index in [4.69, 9.17) is 9.15 Å². The van der Waals surface area contributed by atoms with Gasteiger partial charge in [-0.25, -0.2) is 4.39 Å². The lowest BCUT2D eigenvalue weighted by atomic mass is 10.0. The van der Waals surface area contributed by atoms with Gasteiger partial charge in [0.05, 0.1) is 0 Å². The van der Waals surface area contributed by atoms with Gasteiger partial charge in [-0.1, -0.05) is 43.3 Å². The summed E-state index contributed by atoms with van der Waals surface area (Å²) in [6.07, 6.45) is 2.54. The summed E-state index contributed by atoms with van der Waals surface area (Å²) >= 11 is 0. The van der Waals surface area contributed by atoms with Crippen LogP contribution >= 0.6 is 0 Å². The Morgan fingerprint density at radius 1 is 1.17 bits per heavy atom. The van der Waals surface area contributed by atoms with Crippen LogP contribution in [0.2, 0.25) is 0 Å². The minimum Gasteiger partial charge on any atom is -0.485 e. The van der Waals surface area contributed by atoms with Gasteiger partial charge in [-0.2, -0.15) is 0 Å². The van der Waals surface area contributed by atoms with Gasteiger partial charge in [-0.15, -0.1) is 6.58 Å². The summed E-state index contributed by atoms with van der Waals surface area (Å²) in [7, 11) is 0. The van der Waals surface area contributed by atoms with Crippen LogP contribution in [0.5, 0.6) is 5.75 Å². The summed E-state index contributed by atoms with van der Waals surface area (Å²) in [5.41, 5.74) is 2.00. The molecule has 0 saturated carbocycles. The molecule has 3 rings (SSSR count). The number of halogens is 1. The molecule has 1 atom stereocenters. The molecule has 0 aliphatic rings. The van der Waals surface area contributed by atoms with Crippen LogP contribution in [0, 0.1) is 5.82 Å². The summed E-state index contributed by atoms with van der Waals surface area (Å²) < 4.78 is 24.5. The van der Waals surface area contributed by atoms with Gasteiger partial charge in [-0.05, 0) is 53.8 Å². The van der Waals surface area contributed by atoms with Crippen molar-refractivity contribution in [3.63, 3.8) is 0 Å². The van der Waals surface area contributed by atoms with Crippen LogP contribution < -0.4 is 10.1 Å². The molecule has 2 aromatic carbocycles. The number of allylic oxidation sites excluding steroid dienone is 1. The Labute approximate surface area is 170 Å². The zero-order chi connectivity index (χ0) is 20.6. The molecule has 0 aliphatic carbocycles. The minimum absolute atomic E-state index is 0.0543. The second kappa shape index (κ2) is 9.73. The molecule has 0 radical (unpaired) electrons. The molecule has 5 heteroatoms. The topological polar surface area (TPSA) is 51.5 Å². The molecule has 1 amide bonds. The zero-order valence-electron chi connectivity index (χ0n) is 16.4. The van der Waals surface area contributed by atoms with Crippen molar-refractivity contribution in [1.29, 1.82) is 0 Å². The van der Waals surface area contributed by atoms with E-state index in [0.717, 1.165) is 16.9 Å². The van der Waals surface area contributed by atoms with Gasteiger partial charge in [0.25, 0.3) is 5.91 Å². The van der Waals surface area contributed by atoms with Crippen molar-refractivity contribution in [2.24, 2.45) is 0 Å². The predicted octanol–water partition coefficient (Wildman–Crippen LogP) is 5.26. The second-order valence-corrected chi connectivity index (χ2v) is 6.82. The average Bonchev–Trinajstić information content (AvgIpc) is 3.21. The molecule has 1 aromatic heterocycles. The third-order valence-corrected chi connectivity index (χ3v) is 4.60. The monoisotopic (exact) mass is 393 g/mol. The number of amides is 1. The van der Waals surface area contributed by atoms with Gasteiger partial charge >= 0.3 is 0 Å². The van der Waals surface area contributed by atoms with E-state index in [9.17, 15) is 9.18 Å². The third kappa shape index (κ3) is 5.57. The Balaban J connectivity index is 1.53. The van der Waals surface area contributed by atoms with Crippen LogP contribution in [0.4, 0.5) is 4.39 Å². The van der Waals surface area contributed by atoms with Crippen molar-refractivity contribution in [1.82, 2.24) is 5.32 Å². The minimum atomic E-state index is -0.294. The molecule has 1 unspecified atom stereocenters. The van der Waals surface area contributed by atoms with Crippen molar-refractivity contribution in [3.8, 4) is 5.75 Å². The fourth-order valence-corrected chi connectivity index (χ4v) is 2.94. The average molecular weight is 393 g/mol. The Morgan fingerprint density at radius 2 is 1.93 bits per heavy atom. The van der Waals surface area contributed by atoms with Gasteiger partial charge in [0.15, 0.2) is 5.76 Å². The molecule has 0 fully saturated rings. The fraction of sp³-hybridized carbons (Fsp3) is 0.208. The highest BCUT2D eigenvalue weighted by atomic mass is 19.1. The van der Waals surface area contributed by atoms with E-state index in [1.807, 2.05) is 37.3 Å². The summed E-state index contributed by atoms with van der Waals surface area (Å²) in [4.78, 5) is 12.3. The summed E-state index contributed by atoms with van der Waals surface area (Å²) in [6, 6.07) is 17.4. The van der Waals surface area contributed by atoms with E-state index >= 15 is 0 Å². The molecule has 4 nitrogen and oxygen atoms in total. The highest BCUT2D eigenvalue weighted by molar-refractivity contribution is 5.91. The molecule has 29 heavy (non-hydrogen) atoms. The molecule has 0 saturated heterocycles. The largest absolute Gasteiger partial charge is 0.485 e. The number of para-hydroxylation sites is 1. The number of hydrogen-bond donors (Lipinski definition) is 1. The smallest absolute Gasteiger partial charge is 0.287 e. The van der Waals surface area contributed by atoms with Gasteiger partial charge in [0.1, 0.15) is 23.9 Å². The van der Waals surface area contributed by atoms with Crippen LogP contribution in [0.3, 0.4) is 0 Å². The van der Waals surface area contributed by atoms with Crippen LogP contribution in [-0.2, 0) is 13.0 Å². The van der Waals surface area contributed by atoms with Crippen molar-refractivity contribution in [2.75, 3.05) is 6.54 Å². The quantitative estimate of drug-likeness (QED) is 0.505. The number of benzene rings is 2. The maximum absolute atomic E-state index is 13.0. The number of ether oxygens (including phenoxy) is 1. The maximum Gasteiger partial charge on any atom is 0.287 e. The molecule has 1 heterocycles. The standard InChI is InChI=1S/C24H24FNO3/c1-3-6-19-7-4-5-8-22(19)28-16-21-13-14-23(29-21)24(27)26-15-17(2)18-9-11-20(25)12-10-18/h3-5,7-14,17H,1,6,15-16H2,2H3,(H,26,27). The van der Waals surface area contributed by atoms with Crippen LogP contribution in [0.1, 0.15) is 40.3 Å². The highest BCUT2D eigenvalue weighted by Crippen LogP contribution is 2.21. The predicted molar refractivity (Wildman–Crippen MR) is 111 cm³/mol. The Hall–Kier alpha value is -3.34. The van der Waals surface area contributed by atoms with Crippen molar-refractivity contribution in [2.45, 2.75) is 25.9 Å². The summed E-state index contributed by atoms with van der Waals surface area (Å²) in [5, 5.41) is 2.85. The van der Waals surface area contributed by atoms with Crippen LogP contribution in [-0.4, -0.2) is 12.5 Å². The molecule has 0 spiro atoms. The van der Waals surface area contributed by atoms with E-state index in [2.05, 4.69) is 11.9 Å². The van der Waals surface area contributed by atoms with Crippen molar-refractivity contribution < 1.29 is 18.3 Å². The van der Waals surface area contributed by atoms with Gasteiger partial charge in [0, 0.05) is 6.54 Å². The summed E-state index contributed by atoms with van der Waals surface area (Å²) in [6.45, 7) is 6.38. The fourth-order valence-electron chi connectivity index (χ4n) is 2.94. The second-order valence-electron chi connectivity index (χ2n) is 6.82. The van der Waals surface area contributed by atoms with E-state index < -0.39 is 0 Å². The SMILES string of the molecule is C=CCc1ccccc1OCc1ccc(C(=O)NCC(C)c2ccc(F)cc2)o1. The Kier molecular flexibility index (Phi) is 6.85. The van der Waals surface area contributed by atoms with Gasteiger partial charge < -0.3 is 14.5 Å². The number of carbonyl (C=O) groups is 1. The van der Waals surface area contributed by atoms with E-state index in [1.165, 1.54) is 12.1 Å². The third-order valence-electron chi connectivity index (χ3n) is 4.60. The lowest BCUT2D eigenvalue weighted by Crippen LogP contribution is -2.27. The van der Waals surface area contributed by atoms with E-state index in [1.54, 1.807) is 24.3 Å².